The number of aliphatic hydroxyl groups is 6. The molecular weight excluding hydrogens is 366 g/mol. The molecule has 0 aliphatic carbocycles. The van der Waals surface area contributed by atoms with Gasteiger partial charge in [-0.25, -0.2) is 4.79 Å². The summed E-state index contributed by atoms with van der Waals surface area (Å²) in [5.41, 5.74) is 4.63. The lowest BCUT2D eigenvalue weighted by molar-refractivity contribution is -0.135. The summed E-state index contributed by atoms with van der Waals surface area (Å²) in [6, 6.07) is 1.37. The van der Waals surface area contributed by atoms with Gasteiger partial charge in [0.05, 0.1) is 12.7 Å². The Morgan fingerprint density at radius 2 is 1.93 bits per heavy atom. The van der Waals surface area contributed by atoms with Crippen LogP contribution in [0.15, 0.2) is 17.1 Å². The van der Waals surface area contributed by atoms with Gasteiger partial charge in [-0.2, -0.15) is 4.98 Å². The molecule has 1 aromatic heterocycles. The summed E-state index contributed by atoms with van der Waals surface area (Å²) in [6.07, 6.45) is -7.20. The quantitative estimate of drug-likeness (QED) is 0.258. The number of carbonyl (C=O) groups excluding carboxylic acids is 1. The van der Waals surface area contributed by atoms with Crippen LogP contribution in [0.5, 0.6) is 0 Å². The summed E-state index contributed by atoms with van der Waals surface area (Å²) in [5.74, 6) is -0.494. The number of aliphatic hydroxyl groups excluding tert-OH is 6. The van der Waals surface area contributed by atoms with Crippen LogP contribution in [0.3, 0.4) is 0 Å². The van der Waals surface area contributed by atoms with E-state index < -0.39 is 60.9 Å². The molecule has 0 amide bonds. The Morgan fingerprint density at radius 1 is 1.33 bits per heavy atom. The van der Waals surface area contributed by atoms with Crippen LogP contribution in [0.2, 0.25) is 0 Å². The van der Waals surface area contributed by atoms with Crippen molar-refractivity contribution in [3.8, 4) is 0 Å². The number of Topliss-reactive ketones (excluding diaryl/α,β-unsaturated/α-hetero) is 1. The molecule has 1 fully saturated rings. The second-order valence-corrected chi connectivity index (χ2v) is 6.06. The van der Waals surface area contributed by atoms with Gasteiger partial charge in [-0.3, -0.25) is 9.36 Å². The molecule has 0 spiro atoms. The number of nitrogens with two attached hydrogens (primary N) is 1. The van der Waals surface area contributed by atoms with Crippen molar-refractivity contribution < 1.29 is 40.2 Å². The number of aromatic nitrogens is 2. The van der Waals surface area contributed by atoms with E-state index in [-0.39, 0.29) is 5.82 Å². The predicted octanol–water partition coefficient (Wildman–Crippen LogP) is -3.88. The van der Waals surface area contributed by atoms with E-state index >= 15 is 0 Å². The van der Waals surface area contributed by atoms with Crippen LogP contribution in [0.4, 0.5) is 5.82 Å². The minimum absolute atomic E-state index is 0.0537. The van der Waals surface area contributed by atoms with Gasteiger partial charge in [0.15, 0.2) is 12.0 Å². The lowest BCUT2D eigenvalue weighted by Crippen LogP contribution is -2.39. The Hall–Kier alpha value is -1.93. The molecule has 12 nitrogen and oxygen atoms in total. The molecule has 0 radical (unpaired) electrons. The zero-order valence-electron chi connectivity index (χ0n) is 14.8. The third-order valence-corrected chi connectivity index (χ3v) is 3.88. The molecule has 12 heteroatoms. The molecule has 27 heavy (non-hydrogen) atoms. The Kier molecular flexibility index (Phi) is 8.43. The summed E-state index contributed by atoms with van der Waals surface area (Å²) in [7, 11) is 0. The standard InChI is InChI=1S/C9H13N3O5.C6H12O4/c10-5-1-2-12(9(16)11-5)8-7(15)6(14)4(3-13)17-8;1-3(7)5(9)6(10)4(2)8/h1-2,4,6-8,13-15H,3H2,(H2,10,11,16);3,5-7,9-10H,1-2H3/t4-,6-,7-,8-;/m1./s1. The zero-order chi connectivity index (χ0) is 20.9. The Labute approximate surface area is 154 Å². The summed E-state index contributed by atoms with van der Waals surface area (Å²) >= 11 is 0. The highest BCUT2D eigenvalue weighted by Crippen LogP contribution is 2.27. The van der Waals surface area contributed by atoms with Crippen LogP contribution in [0.1, 0.15) is 20.1 Å². The normalized spacial score (nSPS) is 28.0. The largest absolute Gasteiger partial charge is 0.394 e. The zero-order valence-corrected chi connectivity index (χ0v) is 14.8. The highest BCUT2D eigenvalue weighted by atomic mass is 16.6. The summed E-state index contributed by atoms with van der Waals surface area (Å²) in [6.45, 7) is 2.00. The van der Waals surface area contributed by atoms with Gasteiger partial charge in [0.1, 0.15) is 36.3 Å². The van der Waals surface area contributed by atoms with Crippen molar-refractivity contribution >= 4 is 11.6 Å². The van der Waals surface area contributed by atoms with Gasteiger partial charge in [-0.05, 0) is 19.9 Å². The number of nitrogen functional groups attached to an aromatic ring is 1. The second kappa shape index (κ2) is 9.85. The highest BCUT2D eigenvalue weighted by Gasteiger charge is 2.43. The van der Waals surface area contributed by atoms with E-state index in [1.807, 2.05) is 0 Å². The van der Waals surface area contributed by atoms with E-state index in [1.54, 1.807) is 0 Å². The first kappa shape index (κ1) is 23.1. The van der Waals surface area contributed by atoms with Crippen molar-refractivity contribution in [1.29, 1.82) is 0 Å². The first-order valence-electron chi connectivity index (χ1n) is 8.03. The maximum Gasteiger partial charge on any atom is 0.351 e. The molecule has 1 aromatic rings. The summed E-state index contributed by atoms with van der Waals surface area (Å²) in [5, 5.41) is 54.5. The van der Waals surface area contributed by atoms with Gasteiger partial charge in [0.25, 0.3) is 0 Å². The van der Waals surface area contributed by atoms with Gasteiger partial charge in [0, 0.05) is 6.20 Å². The summed E-state index contributed by atoms with van der Waals surface area (Å²) < 4.78 is 6.19. The SMILES string of the molecule is CC(=O)C(O)C(O)C(C)O.Nc1ccn([C@@H]2O[C@H](CO)[C@@H](O)[C@H]2O)c(=O)n1. The third kappa shape index (κ3) is 5.77. The van der Waals surface area contributed by atoms with E-state index in [9.17, 15) is 19.8 Å². The number of hydrogen-bond donors (Lipinski definition) is 7. The Bertz CT molecular complexity index is 681. The van der Waals surface area contributed by atoms with E-state index in [2.05, 4.69) is 4.98 Å². The molecule has 8 N–H and O–H groups in total. The van der Waals surface area contributed by atoms with Crippen molar-refractivity contribution in [3.63, 3.8) is 0 Å². The van der Waals surface area contributed by atoms with Crippen LogP contribution >= 0.6 is 0 Å². The molecule has 154 valence electrons. The van der Waals surface area contributed by atoms with E-state index in [1.165, 1.54) is 19.2 Å². The number of ketones is 1. The lowest BCUT2D eigenvalue weighted by atomic mass is 10.1. The molecule has 1 aliphatic heterocycles. The molecule has 3 unspecified atom stereocenters. The fourth-order valence-electron chi connectivity index (χ4n) is 2.23. The molecule has 0 bridgehead atoms. The van der Waals surface area contributed by atoms with Crippen molar-refractivity contribution in [2.45, 2.75) is 56.7 Å². The average molecular weight is 391 g/mol. The molecular formula is C15H25N3O9. The number of ether oxygens (including phenoxy) is 1. The molecule has 2 heterocycles. The van der Waals surface area contributed by atoms with Crippen LogP contribution in [0, 0.1) is 0 Å². The van der Waals surface area contributed by atoms with Gasteiger partial charge in [-0.1, -0.05) is 0 Å². The molecule has 0 aromatic carbocycles. The summed E-state index contributed by atoms with van der Waals surface area (Å²) in [4.78, 5) is 25.4. The molecule has 1 saturated heterocycles. The molecule has 2 rings (SSSR count). The maximum atomic E-state index is 11.5. The number of hydrogen-bond acceptors (Lipinski definition) is 11. The van der Waals surface area contributed by atoms with Gasteiger partial charge < -0.3 is 41.1 Å². The van der Waals surface area contributed by atoms with Gasteiger partial charge >= 0.3 is 5.69 Å². The number of anilines is 1. The molecule has 1 aliphatic rings. The van der Waals surface area contributed by atoms with E-state index in [0.29, 0.717) is 0 Å². The van der Waals surface area contributed by atoms with Crippen molar-refractivity contribution in [1.82, 2.24) is 9.55 Å². The minimum atomic E-state index is -1.47. The topological polar surface area (TPSA) is 209 Å². The number of nitrogens with zero attached hydrogens (tertiary/aromatic N) is 2. The van der Waals surface area contributed by atoms with Crippen molar-refractivity contribution in [2.75, 3.05) is 12.3 Å². The number of carbonyl (C=O) groups is 1. The lowest BCUT2D eigenvalue weighted by Gasteiger charge is -2.17. The monoisotopic (exact) mass is 391 g/mol. The first-order valence-corrected chi connectivity index (χ1v) is 8.03. The smallest absolute Gasteiger partial charge is 0.351 e. The fraction of sp³-hybridized carbons (Fsp3) is 0.667. The van der Waals surface area contributed by atoms with Crippen molar-refractivity contribution in [3.05, 3.63) is 22.7 Å². The predicted molar refractivity (Wildman–Crippen MR) is 90.3 cm³/mol. The van der Waals surface area contributed by atoms with Crippen LogP contribution in [-0.2, 0) is 9.53 Å². The third-order valence-electron chi connectivity index (χ3n) is 3.88. The van der Waals surface area contributed by atoms with E-state index in [4.69, 9.17) is 30.9 Å². The average Bonchev–Trinajstić information content (AvgIpc) is 2.89. The van der Waals surface area contributed by atoms with Gasteiger partial charge in [0.2, 0.25) is 0 Å². The number of rotatable bonds is 5. The maximum absolute atomic E-state index is 11.5. The van der Waals surface area contributed by atoms with Crippen LogP contribution in [0.25, 0.3) is 0 Å². The Morgan fingerprint density at radius 3 is 2.30 bits per heavy atom. The van der Waals surface area contributed by atoms with Gasteiger partial charge in [-0.15, -0.1) is 0 Å². The van der Waals surface area contributed by atoms with E-state index in [0.717, 1.165) is 11.5 Å². The molecule has 0 saturated carbocycles. The minimum Gasteiger partial charge on any atom is -0.394 e. The highest BCUT2D eigenvalue weighted by molar-refractivity contribution is 5.80. The van der Waals surface area contributed by atoms with Crippen LogP contribution in [-0.4, -0.2) is 89.2 Å². The molecule has 7 atom stereocenters. The first-order chi connectivity index (χ1) is 12.5. The van der Waals surface area contributed by atoms with Crippen molar-refractivity contribution in [2.24, 2.45) is 0 Å². The van der Waals surface area contributed by atoms with Crippen LogP contribution < -0.4 is 11.4 Å². The fourth-order valence-corrected chi connectivity index (χ4v) is 2.23. The second-order valence-electron chi connectivity index (χ2n) is 6.06. The Balaban J connectivity index is 0.000000314.